The zero-order chi connectivity index (χ0) is 15.9. The molecule has 0 radical (unpaired) electrons. The predicted molar refractivity (Wildman–Crippen MR) is 81.8 cm³/mol. The van der Waals surface area contributed by atoms with Crippen molar-refractivity contribution < 1.29 is 14.3 Å². The lowest BCUT2D eigenvalue weighted by molar-refractivity contribution is -0.125. The molecule has 1 aromatic carbocycles. The highest BCUT2D eigenvalue weighted by Gasteiger charge is 2.38. The van der Waals surface area contributed by atoms with Gasteiger partial charge in [0.05, 0.1) is 0 Å². The van der Waals surface area contributed by atoms with Gasteiger partial charge in [-0.2, -0.15) is 0 Å². The molecule has 1 aromatic rings. The van der Waals surface area contributed by atoms with Crippen molar-refractivity contribution in [1.29, 1.82) is 0 Å². The van der Waals surface area contributed by atoms with Gasteiger partial charge in [0, 0.05) is 20.3 Å². The van der Waals surface area contributed by atoms with Crippen molar-refractivity contribution in [2.45, 2.75) is 25.2 Å². The molecule has 0 saturated carbocycles. The Morgan fingerprint density at radius 3 is 2.73 bits per heavy atom. The molecule has 1 saturated heterocycles. The standard InChI is InChI=1S/C15H22N4O3/c1-22-9-5-8-17-12-13(16)19(15(21)18-14(12)20)10-11-6-3-2-4-7-11/h2-4,6-7,12-13,17H,5,8-10,16H2,1H3,(H,18,20,21). The van der Waals surface area contributed by atoms with Crippen LogP contribution in [-0.4, -0.2) is 49.3 Å². The molecule has 0 spiro atoms. The second kappa shape index (κ2) is 7.88. The minimum absolute atomic E-state index is 0.359. The maximum atomic E-state index is 12.0. The number of carbonyl (C=O) groups excluding carboxylic acids is 2. The zero-order valence-corrected chi connectivity index (χ0v) is 12.6. The molecule has 7 nitrogen and oxygen atoms in total. The Morgan fingerprint density at radius 2 is 2.05 bits per heavy atom. The van der Waals surface area contributed by atoms with Crippen molar-refractivity contribution in [3.8, 4) is 0 Å². The Kier molecular flexibility index (Phi) is 5.88. The molecule has 1 heterocycles. The molecule has 0 aromatic heterocycles. The normalized spacial score (nSPS) is 21.8. The summed E-state index contributed by atoms with van der Waals surface area (Å²) in [6, 6.07) is 8.44. The number of methoxy groups -OCH3 is 1. The van der Waals surface area contributed by atoms with Crippen LogP contribution in [0, 0.1) is 0 Å². The molecule has 2 rings (SSSR count). The first kappa shape index (κ1) is 16.4. The van der Waals surface area contributed by atoms with Crippen LogP contribution in [0.1, 0.15) is 12.0 Å². The van der Waals surface area contributed by atoms with Gasteiger partial charge in [-0.05, 0) is 18.5 Å². The third kappa shape index (κ3) is 4.03. The minimum Gasteiger partial charge on any atom is -0.385 e. The number of hydrogen-bond donors (Lipinski definition) is 3. The van der Waals surface area contributed by atoms with Gasteiger partial charge in [-0.15, -0.1) is 0 Å². The summed E-state index contributed by atoms with van der Waals surface area (Å²) >= 11 is 0. The summed E-state index contributed by atoms with van der Waals surface area (Å²) in [7, 11) is 1.62. The Hall–Kier alpha value is -1.96. The summed E-state index contributed by atoms with van der Waals surface area (Å²) in [4.78, 5) is 25.4. The van der Waals surface area contributed by atoms with Gasteiger partial charge in [0.15, 0.2) is 0 Å². The van der Waals surface area contributed by atoms with Gasteiger partial charge in [0.2, 0.25) is 5.91 Å². The molecule has 1 aliphatic heterocycles. The van der Waals surface area contributed by atoms with Crippen LogP contribution in [0.3, 0.4) is 0 Å². The number of nitrogens with zero attached hydrogens (tertiary/aromatic N) is 1. The van der Waals surface area contributed by atoms with E-state index in [-0.39, 0.29) is 5.91 Å². The summed E-state index contributed by atoms with van der Waals surface area (Å²) < 4.78 is 4.97. The number of benzene rings is 1. The van der Waals surface area contributed by atoms with E-state index < -0.39 is 18.2 Å². The van der Waals surface area contributed by atoms with Crippen molar-refractivity contribution in [2.24, 2.45) is 5.73 Å². The fourth-order valence-electron chi connectivity index (χ4n) is 2.37. The minimum atomic E-state index is -0.705. The van der Waals surface area contributed by atoms with Crippen LogP contribution in [0.25, 0.3) is 0 Å². The number of nitrogens with two attached hydrogens (primary N) is 1. The van der Waals surface area contributed by atoms with Crippen LogP contribution in [0.2, 0.25) is 0 Å². The van der Waals surface area contributed by atoms with E-state index in [0.29, 0.717) is 19.7 Å². The van der Waals surface area contributed by atoms with Crippen LogP contribution < -0.4 is 16.4 Å². The highest BCUT2D eigenvalue weighted by Crippen LogP contribution is 2.12. The second-order valence-corrected chi connectivity index (χ2v) is 5.18. The summed E-state index contributed by atoms with van der Waals surface area (Å²) in [5, 5.41) is 5.43. The van der Waals surface area contributed by atoms with Crippen molar-refractivity contribution in [3.05, 3.63) is 35.9 Å². The van der Waals surface area contributed by atoms with E-state index in [2.05, 4.69) is 10.6 Å². The van der Waals surface area contributed by atoms with E-state index in [1.54, 1.807) is 7.11 Å². The van der Waals surface area contributed by atoms with E-state index in [4.69, 9.17) is 10.5 Å². The number of rotatable bonds is 7. The molecule has 0 bridgehead atoms. The van der Waals surface area contributed by atoms with E-state index in [1.165, 1.54) is 4.90 Å². The fraction of sp³-hybridized carbons (Fsp3) is 0.467. The van der Waals surface area contributed by atoms with Crippen molar-refractivity contribution >= 4 is 11.9 Å². The van der Waals surface area contributed by atoms with Crippen molar-refractivity contribution in [2.75, 3.05) is 20.3 Å². The van der Waals surface area contributed by atoms with Crippen LogP contribution in [0.4, 0.5) is 4.79 Å². The third-order valence-electron chi connectivity index (χ3n) is 3.56. The Balaban J connectivity index is 2.00. The van der Waals surface area contributed by atoms with Gasteiger partial charge >= 0.3 is 6.03 Å². The molecule has 22 heavy (non-hydrogen) atoms. The maximum absolute atomic E-state index is 12.0. The van der Waals surface area contributed by atoms with E-state index in [1.807, 2.05) is 30.3 Å². The summed E-state index contributed by atoms with van der Waals surface area (Å²) in [6.07, 6.45) is 0.0589. The number of nitrogens with one attached hydrogen (secondary N) is 2. The Bertz CT molecular complexity index is 509. The first-order chi connectivity index (χ1) is 10.6. The zero-order valence-electron chi connectivity index (χ0n) is 12.6. The number of urea groups is 1. The van der Waals surface area contributed by atoms with E-state index in [9.17, 15) is 9.59 Å². The van der Waals surface area contributed by atoms with E-state index >= 15 is 0 Å². The first-order valence-electron chi connectivity index (χ1n) is 7.27. The van der Waals surface area contributed by atoms with Gasteiger partial charge in [0.25, 0.3) is 0 Å². The molecule has 120 valence electrons. The second-order valence-electron chi connectivity index (χ2n) is 5.18. The molecule has 2 atom stereocenters. The lowest BCUT2D eigenvalue weighted by Gasteiger charge is -2.38. The molecule has 7 heteroatoms. The topological polar surface area (TPSA) is 96.7 Å². The Labute approximate surface area is 129 Å². The van der Waals surface area contributed by atoms with Crippen molar-refractivity contribution in [3.63, 3.8) is 0 Å². The van der Waals surface area contributed by atoms with Gasteiger partial charge in [-0.3, -0.25) is 10.1 Å². The SMILES string of the molecule is COCCCNC1C(=O)NC(=O)N(Cc2ccccc2)C1N. The van der Waals surface area contributed by atoms with Crippen LogP contribution in [-0.2, 0) is 16.1 Å². The smallest absolute Gasteiger partial charge is 0.325 e. The molecule has 1 aliphatic rings. The van der Waals surface area contributed by atoms with Crippen LogP contribution >= 0.6 is 0 Å². The lowest BCUT2D eigenvalue weighted by atomic mass is 10.1. The lowest BCUT2D eigenvalue weighted by Crippen LogP contribution is -2.69. The molecule has 1 fully saturated rings. The number of carbonyl (C=O) groups is 2. The first-order valence-corrected chi connectivity index (χ1v) is 7.27. The predicted octanol–water partition coefficient (Wildman–Crippen LogP) is 0.0179. The third-order valence-corrected chi connectivity index (χ3v) is 3.56. The van der Waals surface area contributed by atoms with E-state index in [0.717, 1.165) is 12.0 Å². The molecule has 2 unspecified atom stereocenters. The number of amides is 3. The molecule has 3 amide bonds. The Morgan fingerprint density at radius 1 is 1.32 bits per heavy atom. The molecule has 0 aliphatic carbocycles. The fourth-order valence-corrected chi connectivity index (χ4v) is 2.37. The maximum Gasteiger partial charge on any atom is 0.325 e. The van der Waals surface area contributed by atoms with Crippen molar-refractivity contribution in [1.82, 2.24) is 15.5 Å². The summed E-state index contributed by atoms with van der Waals surface area (Å²) in [5.41, 5.74) is 7.08. The highest BCUT2D eigenvalue weighted by atomic mass is 16.5. The summed E-state index contributed by atoms with van der Waals surface area (Å²) in [5.74, 6) is -0.390. The average molecular weight is 306 g/mol. The highest BCUT2D eigenvalue weighted by molar-refractivity contribution is 6.00. The molecular formula is C15H22N4O3. The largest absolute Gasteiger partial charge is 0.385 e. The van der Waals surface area contributed by atoms with Gasteiger partial charge < -0.3 is 20.7 Å². The van der Waals surface area contributed by atoms with Gasteiger partial charge in [-0.1, -0.05) is 30.3 Å². The van der Waals surface area contributed by atoms with Crippen LogP contribution in [0.15, 0.2) is 30.3 Å². The molecule has 4 N–H and O–H groups in total. The number of imide groups is 1. The summed E-state index contributed by atoms with van der Waals surface area (Å²) in [6.45, 7) is 1.55. The average Bonchev–Trinajstić information content (AvgIpc) is 2.51. The monoisotopic (exact) mass is 306 g/mol. The number of ether oxygens (including phenoxy) is 1. The van der Waals surface area contributed by atoms with Gasteiger partial charge in [0.1, 0.15) is 12.2 Å². The number of hydrogen-bond acceptors (Lipinski definition) is 5. The van der Waals surface area contributed by atoms with Crippen LogP contribution in [0.5, 0.6) is 0 Å². The quantitative estimate of drug-likeness (QED) is 0.617. The molecular weight excluding hydrogens is 284 g/mol. The van der Waals surface area contributed by atoms with Gasteiger partial charge in [-0.25, -0.2) is 4.79 Å².